The Morgan fingerprint density at radius 1 is 1.15 bits per heavy atom. The number of nitrogens with one attached hydrogen (secondary N) is 1. The van der Waals surface area contributed by atoms with Gasteiger partial charge in [-0.25, -0.2) is 0 Å². The molecule has 0 aliphatic carbocycles. The SMILES string of the molecule is CCNC(=O)CSc1nnc(COc2ccccc2Cl)n1-c1ccccc1. The van der Waals surface area contributed by atoms with Crippen molar-refractivity contribution in [2.45, 2.75) is 18.7 Å². The molecule has 0 saturated carbocycles. The molecule has 0 aliphatic rings. The molecule has 1 aromatic heterocycles. The molecule has 0 saturated heterocycles. The van der Waals surface area contributed by atoms with Gasteiger partial charge in [0.1, 0.15) is 12.4 Å². The van der Waals surface area contributed by atoms with Gasteiger partial charge in [0.05, 0.1) is 10.8 Å². The van der Waals surface area contributed by atoms with E-state index in [1.807, 2.05) is 54.0 Å². The molecule has 1 heterocycles. The van der Waals surface area contributed by atoms with Gasteiger partial charge in [0.2, 0.25) is 5.91 Å². The molecule has 0 unspecified atom stereocenters. The Kier molecular flexibility index (Phi) is 6.73. The van der Waals surface area contributed by atoms with Crippen molar-refractivity contribution >= 4 is 29.3 Å². The molecule has 3 rings (SSSR count). The Hall–Kier alpha value is -2.51. The van der Waals surface area contributed by atoms with E-state index >= 15 is 0 Å². The maximum absolute atomic E-state index is 11.8. The zero-order valence-corrected chi connectivity index (χ0v) is 16.3. The third kappa shape index (κ3) is 5.02. The van der Waals surface area contributed by atoms with Crippen molar-refractivity contribution in [1.29, 1.82) is 0 Å². The highest BCUT2D eigenvalue weighted by Crippen LogP contribution is 2.26. The largest absolute Gasteiger partial charge is 0.484 e. The number of para-hydroxylation sites is 2. The summed E-state index contributed by atoms with van der Waals surface area (Å²) in [5.41, 5.74) is 0.902. The fraction of sp³-hybridized carbons (Fsp3) is 0.211. The van der Waals surface area contributed by atoms with Gasteiger partial charge in [-0.3, -0.25) is 9.36 Å². The van der Waals surface area contributed by atoms with Crippen LogP contribution in [0.2, 0.25) is 5.02 Å². The lowest BCUT2D eigenvalue weighted by atomic mass is 10.3. The van der Waals surface area contributed by atoms with E-state index in [2.05, 4.69) is 15.5 Å². The molecule has 0 atom stereocenters. The first-order valence-electron chi connectivity index (χ1n) is 8.45. The zero-order chi connectivity index (χ0) is 19.1. The number of aromatic nitrogens is 3. The highest BCUT2D eigenvalue weighted by Gasteiger charge is 2.16. The second kappa shape index (κ2) is 9.43. The monoisotopic (exact) mass is 402 g/mol. The summed E-state index contributed by atoms with van der Waals surface area (Å²) in [5, 5.41) is 12.4. The first kappa shape index (κ1) is 19.3. The molecule has 0 bridgehead atoms. The molecule has 2 aromatic carbocycles. The van der Waals surface area contributed by atoms with Crippen LogP contribution in [0.15, 0.2) is 59.8 Å². The van der Waals surface area contributed by atoms with Gasteiger partial charge < -0.3 is 10.1 Å². The maximum atomic E-state index is 11.8. The van der Waals surface area contributed by atoms with Crippen LogP contribution in [0.3, 0.4) is 0 Å². The molecule has 8 heteroatoms. The Bertz CT molecular complexity index is 902. The van der Waals surface area contributed by atoms with E-state index in [9.17, 15) is 4.79 Å². The van der Waals surface area contributed by atoms with E-state index in [0.717, 1.165) is 5.69 Å². The standard InChI is InChI=1S/C19H19ClN4O2S/c1-2-21-18(25)13-27-19-23-22-17(24(19)14-8-4-3-5-9-14)12-26-16-11-7-6-10-15(16)20/h3-11H,2,12-13H2,1H3,(H,21,25). The fourth-order valence-electron chi connectivity index (χ4n) is 2.41. The fourth-order valence-corrected chi connectivity index (χ4v) is 3.40. The summed E-state index contributed by atoms with van der Waals surface area (Å²) in [5.74, 6) is 1.43. The molecule has 0 fully saturated rings. The molecule has 27 heavy (non-hydrogen) atoms. The summed E-state index contributed by atoms with van der Waals surface area (Å²) in [7, 11) is 0. The van der Waals surface area contributed by atoms with Crippen molar-refractivity contribution in [3.8, 4) is 11.4 Å². The predicted octanol–water partition coefficient (Wildman–Crippen LogP) is 3.73. The number of thioether (sulfide) groups is 1. The number of rotatable bonds is 8. The number of hydrogen-bond acceptors (Lipinski definition) is 5. The van der Waals surface area contributed by atoms with Crippen molar-refractivity contribution in [2.24, 2.45) is 0 Å². The average Bonchev–Trinajstić information content (AvgIpc) is 3.09. The second-order valence-corrected chi connectivity index (χ2v) is 6.88. The summed E-state index contributed by atoms with van der Waals surface area (Å²) in [6.45, 7) is 2.69. The number of ether oxygens (including phenoxy) is 1. The zero-order valence-electron chi connectivity index (χ0n) is 14.8. The molecule has 6 nitrogen and oxygen atoms in total. The van der Waals surface area contributed by atoms with Crippen LogP contribution >= 0.6 is 23.4 Å². The molecular formula is C19H19ClN4O2S. The lowest BCUT2D eigenvalue weighted by Gasteiger charge is -2.11. The second-order valence-electron chi connectivity index (χ2n) is 5.53. The molecular weight excluding hydrogens is 384 g/mol. The van der Waals surface area contributed by atoms with Gasteiger partial charge in [0.15, 0.2) is 11.0 Å². The lowest BCUT2D eigenvalue weighted by Crippen LogP contribution is -2.24. The van der Waals surface area contributed by atoms with E-state index < -0.39 is 0 Å². The van der Waals surface area contributed by atoms with Crippen molar-refractivity contribution in [2.75, 3.05) is 12.3 Å². The third-order valence-corrected chi connectivity index (χ3v) is 4.86. The van der Waals surface area contributed by atoms with Gasteiger partial charge in [-0.05, 0) is 31.2 Å². The quantitative estimate of drug-likeness (QED) is 0.581. The van der Waals surface area contributed by atoms with E-state index in [0.29, 0.717) is 28.3 Å². The van der Waals surface area contributed by atoms with Crippen molar-refractivity contribution < 1.29 is 9.53 Å². The van der Waals surface area contributed by atoms with Crippen LogP contribution in [0.5, 0.6) is 5.75 Å². The van der Waals surface area contributed by atoms with E-state index in [1.165, 1.54) is 11.8 Å². The molecule has 0 radical (unpaired) electrons. The van der Waals surface area contributed by atoms with Gasteiger partial charge in [-0.2, -0.15) is 0 Å². The molecule has 0 aliphatic heterocycles. The summed E-state index contributed by atoms with van der Waals surface area (Å²) >= 11 is 7.48. The van der Waals surface area contributed by atoms with Crippen molar-refractivity contribution in [3.05, 3.63) is 65.4 Å². The van der Waals surface area contributed by atoms with Crippen LogP contribution in [-0.4, -0.2) is 33.0 Å². The summed E-state index contributed by atoms with van der Waals surface area (Å²) in [6, 6.07) is 17.0. The van der Waals surface area contributed by atoms with Crippen LogP contribution in [0.4, 0.5) is 0 Å². The maximum Gasteiger partial charge on any atom is 0.230 e. The molecule has 1 N–H and O–H groups in total. The third-order valence-electron chi connectivity index (χ3n) is 3.61. The highest BCUT2D eigenvalue weighted by molar-refractivity contribution is 7.99. The Morgan fingerprint density at radius 2 is 1.89 bits per heavy atom. The normalized spacial score (nSPS) is 10.6. The van der Waals surface area contributed by atoms with Crippen LogP contribution in [-0.2, 0) is 11.4 Å². The minimum Gasteiger partial charge on any atom is -0.484 e. The van der Waals surface area contributed by atoms with Crippen molar-refractivity contribution in [1.82, 2.24) is 20.1 Å². The van der Waals surface area contributed by atoms with Gasteiger partial charge in [-0.15, -0.1) is 10.2 Å². The van der Waals surface area contributed by atoms with Crippen LogP contribution in [0, 0.1) is 0 Å². The molecule has 140 valence electrons. The van der Waals surface area contributed by atoms with Crippen LogP contribution in [0.1, 0.15) is 12.7 Å². The van der Waals surface area contributed by atoms with Gasteiger partial charge in [0.25, 0.3) is 0 Å². The summed E-state index contributed by atoms with van der Waals surface area (Å²) < 4.78 is 7.71. The topological polar surface area (TPSA) is 69.0 Å². The number of halogens is 1. The number of benzene rings is 2. The molecule has 0 spiro atoms. The Labute approximate surface area is 166 Å². The van der Waals surface area contributed by atoms with Gasteiger partial charge in [-0.1, -0.05) is 53.7 Å². The summed E-state index contributed by atoms with van der Waals surface area (Å²) in [4.78, 5) is 11.8. The minimum atomic E-state index is -0.0426. The lowest BCUT2D eigenvalue weighted by molar-refractivity contribution is -0.118. The van der Waals surface area contributed by atoms with Gasteiger partial charge in [0, 0.05) is 12.2 Å². The molecule has 1 amide bonds. The number of carbonyl (C=O) groups excluding carboxylic acids is 1. The van der Waals surface area contributed by atoms with Crippen LogP contribution < -0.4 is 10.1 Å². The minimum absolute atomic E-state index is 0.0426. The van der Waals surface area contributed by atoms with E-state index in [-0.39, 0.29) is 18.3 Å². The number of hydrogen-bond donors (Lipinski definition) is 1. The first-order valence-corrected chi connectivity index (χ1v) is 9.82. The van der Waals surface area contributed by atoms with Gasteiger partial charge >= 0.3 is 0 Å². The molecule has 3 aromatic rings. The number of amides is 1. The van der Waals surface area contributed by atoms with E-state index in [4.69, 9.17) is 16.3 Å². The Morgan fingerprint density at radius 3 is 2.63 bits per heavy atom. The summed E-state index contributed by atoms with van der Waals surface area (Å²) in [6.07, 6.45) is 0. The van der Waals surface area contributed by atoms with Crippen molar-refractivity contribution in [3.63, 3.8) is 0 Å². The first-order chi connectivity index (χ1) is 13.2. The predicted molar refractivity (Wildman–Crippen MR) is 107 cm³/mol. The Balaban J connectivity index is 1.83. The highest BCUT2D eigenvalue weighted by atomic mass is 35.5. The number of carbonyl (C=O) groups is 1. The smallest absolute Gasteiger partial charge is 0.230 e. The van der Waals surface area contributed by atoms with Crippen LogP contribution in [0.25, 0.3) is 5.69 Å². The average molecular weight is 403 g/mol. The number of nitrogens with zero attached hydrogens (tertiary/aromatic N) is 3. The van der Waals surface area contributed by atoms with E-state index in [1.54, 1.807) is 12.1 Å².